The molecule has 0 aliphatic carbocycles. The molecule has 132 heavy (non-hydrogen) atoms. The summed E-state index contributed by atoms with van der Waals surface area (Å²) in [6.45, 7) is -16.3. The molecule has 9 fully saturated rings. The Hall–Kier alpha value is -1.97. The lowest BCUT2D eigenvalue weighted by molar-refractivity contribution is -0.428. The predicted octanol–water partition coefficient (Wildman–Crippen LogP) is -22.3. The van der Waals surface area contributed by atoms with E-state index in [-0.39, 0.29) is 0 Å². The monoisotopic (exact) mass is 2030 g/mol. The first-order chi connectivity index (χ1) is 61.8. The summed E-state index contributed by atoms with van der Waals surface area (Å²) in [6, 6.07) is 0. The van der Waals surface area contributed by atoms with Gasteiger partial charge in [-0.2, -0.15) is 4.31 Å². The van der Waals surface area contributed by atoms with Crippen LogP contribution in [0.1, 0.15) is 6.42 Å². The molecule has 65 nitrogen and oxygen atoms in total. The average Bonchev–Trinajstić information content (AvgIpc) is 0.746. The number of rotatable bonds is 44. The maximum absolute atomic E-state index is 13.9. The van der Waals surface area contributed by atoms with E-state index < -0.39 is 424 Å². The second-order valence-corrected chi connectivity index (χ2v) is 36.7. The lowest BCUT2D eigenvalue weighted by atomic mass is 9.91. The van der Waals surface area contributed by atoms with Gasteiger partial charge in [0.25, 0.3) is 5.79 Å². The van der Waals surface area contributed by atoms with Crippen molar-refractivity contribution in [1.82, 2.24) is 0 Å². The Morgan fingerprint density at radius 2 is 0.682 bits per heavy atom. The number of aliphatic hydroxyl groups is 29. The highest BCUT2D eigenvalue weighted by Crippen LogP contribution is 2.62. The lowest BCUT2D eigenvalue weighted by Crippen LogP contribution is -2.72. The number of ether oxygens (including phenoxy) is 17. The summed E-state index contributed by atoms with van der Waals surface area (Å²) in [5, 5.41) is 338. The number of phosphoric ester groups is 4. The van der Waals surface area contributed by atoms with Crippen molar-refractivity contribution in [1.29, 1.82) is 0 Å². The summed E-state index contributed by atoms with van der Waals surface area (Å²) in [5.74, 6) is -6.34. The van der Waals surface area contributed by atoms with Crippen LogP contribution in [0.15, 0.2) is 0 Å². The molecule has 0 aromatic heterocycles. The molecule has 0 radical (unpaired) electrons. The van der Waals surface area contributed by atoms with Crippen LogP contribution in [0, 0.1) is 0 Å². The van der Waals surface area contributed by atoms with Crippen LogP contribution < -0.4 is 11.5 Å². The summed E-state index contributed by atoms with van der Waals surface area (Å²) in [5.41, 5.74) is 10.8. The molecule has 9 heterocycles. The average molecular weight is 2030 g/mol. The van der Waals surface area contributed by atoms with Gasteiger partial charge in [0.1, 0.15) is 238 Å². The molecule has 9 rings (SSSR count). The SMILES string of the molecule is NCCOP(=O)(O)O[C@@H](CO)[C@H]1O[C@H](O[C@@H]2[C@H](O)[C@@H](O[C@H]3[C@@H]([C@H](O)CO)O[C@@](O)(C(=O)O)C[C@H]3OP(=O)(O)OP(=O)(O)OCCN)O[C@H]([C@@H](O)CO)[C@H]2O[C@@H]2O[C@H](CO)[C@@H](O)[C@H](O)[C@H]2O)[C@@H](O[C@H]2O[C@H]([C@@H](O)CO)[C@@H](OP(=O)(O)O)[C@H](O)[C@@H]2O[C@@H]2O[C@H](CO)[C@H](O)[C@H](O)[C@H]2O)[C@@H](O[C@H]2O[C@H](CO)[C@@H](O[C@@H]3O[C@H](CO)[C@@H](O[C@@H]4O[C@H](CO)[C@H](O)[C@H](O)[C@H]4O)[C@H](O)[C@H]3O)[C@H](O)[C@H]2O)[C@@H]1O. The fourth-order valence-electron chi connectivity index (χ4n) is 15.3. The molecule has 0 spiro atoms. The second-order valence-electron chi connectivity index (χ2n) is 31.1. The summed E-state index contributed by atoms with van der Waals surface area (Å²) in [7, 11) is -24.4. The Labute approximate surface area is 741 Å². The van der Waals surface area contributed by atoms with E-state index >= 15 is 0 Å². The molecule has 51 atom stereocenters. The second kappa shape index (κ2) is 48.4. The van der Waals surface area contributed by atoms with Gasteiger partial charge in [-0.15, -0.1) is 0 Å². The van der Waals surface area contributed by atoms with Gasteiger partial charge in [0.15, 0.2) is 50.3 Å². The molecule has 774 valence electrons. The van der Waals surface area contributed by atoms with Crippen molar-refractivity contribution in [3.63, 3.8) is 0 Å². The first-order valence-electron chi connectivity index (χ1n) is 39.8. The van der Waals surface area contributed by atoms with E-state index in [1.54, 1.807) is 0 Å². The van der Waals surface area contributed by atoms with Gasteiger partial charge in [-0.25, -0.2) is 23.1 Å². The van der Waals surface area contributed by atoms with E-state index in [9.17, 15) is 201 Å². The van der Waals surface area contributed by atoms with Crippen molar-refractivity contribution >= 4 is 37.3 Å². The van der Waals surface area contributed by atoms with E-state index in [0.29, 0.717) is 0 Å². The standard InChI is InChI=1S/C63H114N2O63P4/c64-1-3-106-130(100,101)126-24(14-74)46-38(91)48(119-58-37(90)32(85)45(23(13-73)112-58)116-57-36(89)31(84)44(22(12-72)111-57)115-54-33(86)28(81)25(78)19(9-69)108-54)53(123-60-51(121-55-34(87)29(82)26(79)20(10-70)109-55)39(92)50(127-129(97,98)99)41(114-60)15(75)6-66)61(117-46)120-49-40(93)59(113-42(16(76)7-67)52(49)122-56-35(88)30(83)27(80)21(11-71)110-56)118-47-18(125-132(104,105)128-131(102,103)107-4-2-65)5-63(96,62(94)95)124-43(47)17(77)8-68/h15-61,66-93,96H,1-14,64-65H2,(H,94,95)(H,100,101)(H,102,103)(H,104,105)(H2,97,98,99)/t15-,16-,17+,18+,19+,20+,21+,22+,23+,24-,25-,26-,27+,28-,29-,30-,31+,32+,33+,34+,35+,36+,37+,38+,39-,40-,41+,42+,43+,44+,45+,46+,47+,48-,49+,50-,51-,52+,53-,54-,55-,56-,57-,58+,59+,60+,61+,63+/m0/s1. The molecule has 0 aromatic carbocycles. The molecule has 9 aliphatic heterocycles. The number of hydrogen-bond acceptors (Lipinski definition) is 59. The molecule has 39 N–H and O–H groups in total. The number of nitrogens with two attached hydrogens (primary N) is 2. The summed E-state index contributed by atoms with van der Waals surface area (Å²) >= 11 is 0. The topological polar surface area (TPSA) is 1060 Å². The quantitative estimate of drug-likeness (QED) is 0.0252. The van der Waals surface area contributed by atoms with Crippen molar-refractivity contribution in [2.75, 3.05) is 85.8 Å². The highest BCUT2D eigenvalue weighted by atomic mass is 31.3. The van der Waals surface area contributed by atoms with Gasteiger partial charge in [-0.05, 0) is 0 Å². The van der Waals surface area contributed by atoms with Gasteiger partial charge in [-0.3, -0.25) is 22.6 Å². The molecule has 0 bridgehead atoms. The number of carboxylic acids is 1. The van der Waals surface area contributed by atoms with E-state index in [1.807, 2.05) is 0 Å². The third-order valence-corrected chi connectivity index (χ3v) is 26.3. The number of carbonyl (C=O) groups is 1. The molecule has 3 unspecified atom stereocenters. The zero-order chi connectivity index (χ0) is 98.4. The van der Waals surface area contributed by atoms with E-state index in [0.717, 1.165) is 0 Å². The highest BCUT2D eigenvalue weighted by Gasteiger charge is 2.66. The molecule has 0 amide bonds. The van der Waals surface area contributed by atoms with Crippen LogP contribution in [-0.2, 0) is 131 Å². The zero-order valence-electron chi connectivity index (χ0n) is 68.1. The summed E-state index contributed by atoms with van der Waals surface area (Å²) in [4.78, 5) is 66.1. The highest BCUT2D eigenvalue weighted by molar-refractivity contribution is 7.61. The van der Waals surface area contributed by atoms with Crippen LogP contribution >= 0.6 is 31.3 Å². The van der Waals surface area contributed by atoms with E-state index in [2.05, 4.69) is 8.83 Å². The number of phosphoric acid groups is 4. The fourth-order valence-corrected chi connectivity index (χ4v) is 19.1. The van der Waals surface area contributed by atoms with E-state index in [1.165, 1.54) is 0 Å². The molecule has 9 aliphatic rings. The first kappa shape index (κ1) is 114. The first-order valence-corrected chi connectivity index (χ1v) is 45.9. The smallest absolute Gasteiger partial charge is 0.477 e. The molecule has 69 heteroatoms. The minimum Gasteiger partial charge on any atom is -0.477 e. The minimum atomic E-state index is -6.47. The van der Waals surface area contributed by atoms with Crippen LogP contribution in [0.2, 0.25) is 0 Å². The maximum atomic E-state index is 13.9. The lowest BCUT2D eigenvalue weighted by Gasteiger charge is -2.54. The Balaban J connectivity index is 1.26. The molecule has 0 saturated carbocycles. The van der Waals surface area contributed by atoms with Crippen molar-refractivity contribution in [2.45, 2.75) is 301 Å². The molecular formula is C63H114N2O63P4. The fraction of sp³-hybridized carbons (Fsp3) is 0.984. The van der Waals surface area contributed by atoms with Crippen LogP contribution in [0.25, 0.3) is 0 Å². The van der Waals surface area contributed by atoms with Crippen LogP contribution in [0.4, 0.5) is 0 Å². The van der Waals surface area contributed by atoms with Gasteiger partial charge < -0.3 is 270 Å². The number of carboxylic acid groups (broad SMARTS) is 1. The normalized spacial score (nSPS) is 46.1. The number of hydrogen-bond donors (Lipinski definition) is 37. The van der Waals surface area contributed by atoms with Crippen molar-refractivity contribution in [3.8, 4) is 0 Å². The van der Waals surface area contributed by atoms with Crippen molar-refractivity contribution < 1.29 is 308 Å². The van der Waals surface area contributed by atoms with Gasteiger partial charge in [0.05, 0.1) is 72.7 Å². The van der Waals surface area contributed by atoms with Gasteiger partial charge in [0, 0.05) is 19.5 Å². The van der Waals surface area contributed by atoms with Crippen LogP contribution in [-0.4, -0.2) is 564 Å². The number of aliphatic carboxylic acids is 1. The van der Waals surface area contributed by atoms with Crippen molar-refractivity contribution in [2.24, 2.45) is 11.5 Å². The number of aliphatic hydroxyl groups excluding tert-OH is 28. The maximum Gasteiger partial charge on any atom is 0.481 e. The zero-order valence-corrected chi connectivity index (χ0v) is 71.6. The molecule has 0 aromatic rings. The van der Waals surface area contributed by atoms with Crippen LogP contribution in [0.5, 0.6) is 0 Å². The predicted molar refractivity (Wildman–Crippen MR) is 395 cm³/mol. The summed E-state index contributed by atoms with van der Waals surface area (Å²) < 4.78 is 182. The Morgan fingerprint density at radius 1 is 0.341 bits per heavy atom. The molecule has 9 saturated heterocycles. The Morgan fingerprint density at radius 3 is 1.10 bits per heavy atom. The van der Waals surface area contributed by atoms with E-state index in [4.69, 9.17) is 110 Å². The summed E-state index contributed by atoms with van der Waals surface area (Å²) in [6.07, 6.45) is -127. The third-order valence-electron chi connectivity index (χ3n) is 22.0. The minimum absolute atomic E-state index is 0.596. The largest absolute Gasteiger partial charge is 0.481 e. The Bertz CT molecular complexity index is 3730. The van der Waals surface area contributed by atoms with Gasteiger partial charge in [0.2, 0.25) is 0 Å². The van der Waals surface area contributed by atoms with Crippen molar-refractivity contribution in [3.05, 3.63) is 0 Å². The molecular weight excluding hydrogens is 1920 g/mol. The van der Waals surface area contributed by atoms with Gasteiger partial charge in [-0.1, -0.05) is 0 Å². The van der Waals surface area contributed by atoms with Gasteiger partial charge >= 0.3 is 37.3 Å². The van der Waals surface area contributed by atoms with Crippen LogP contribution in [0.3, 0.4) is 0 Å². The Kier molecular flexibility index (Phi) is 41.7. The third kappa shape index (κ3) is 26.5.